The molecule has 10 heteroatoms. The zero-order valence-corrected chi connectivity index (χ0v) is 22.2. The fourth-order valence-corrected chi connectivity index (χ4v) is 4.43. The first-order chi connectivity index (χ1) is 15.4. The number of nitrogens with zero attached hydrogens (tertiary/aromatic N) is 2. The number of anilines is 1. The smallest absolute Gasteiger partial charge is 0.244 e. The van der Waals surface area contributed by atoms with Gasteiger partial charge in [-0.1, -0.05) is 46.6 Å². The average molecular weight is 559 g/mol. The molecule has 0 bridgehead atoms. The molecule has 0 aliphatic heterocycles. The van der Waals surface area contributed by atoms with Gasteiger partial charge in [-0.05, 0) is 62.2 Å². The van der Waals surface area contributed by atoms with Gasteiger partial charge in [0.2, 0.25) is 21.8 Å². The molecule has 7 nitrogen and oxygen atoms in total. The van der Waals surface area contributed by atoms with E-state index in [2.05, 4.69) is 21.2 Å². The molecule has 0 aromatic heterocycles. The van der Waals surface area contributed by atoms with Crippen molar-refractivity contribution in [1.82, 2.24) is 10.2 Å². The van der Waals surface area contributed by atoms with Crippen LogP contribution >= 0.6 is 27.5 Å². The van der Waals surface area contributed by atoms with E-state index < -0.39 is 28.5 Å². The third-order valence-corrected chi connectivity index (χ3v) is 7.11. The molecule has 2 aromatic carbocycles. The van der Waals surface area contributed by atoms with Crippen molar-refractivity contribution in [2.45, 2.75) is 45.8 Å². The van der Waals surface area contributed by atoms with Gasteiger partial charge in [0, 0.05) is 22.1 Å². The Morgan fingerprint density at radius 2 is 1.76 bits per heavy atom. The third-order valence-electron chi connectivity index (χ3n) is 5.20. The van der Waals surface area contributed by atoms with Crippen LogP contribution < -0.4 is 9.62 Å². The quantitative estimate of drug-likeness (QED) is 0.474. The molecule has 0 saturated carbocycles. The Labute approximate surface area is 209 Å². The number of hydrogen-bond donors (Lipinski definition) is 1. The molecule has 1 N–H and O–H groups in total. The van der Waals surface area contributed by atoms with Gasteiger partial charge < -0.3 is 10.2 Å². The molecule has 180 valence electrons. The maximum Gasteiger partial charge on any atom is 0.244 e. The number of carbonyl (C=O) groups is 2. The summed E-state index contributed by atoms with van der Waals surface area (Å²) >= 11 is 9.42. The van der Waals surface area contributed by atoms with E-state index in [1.54, 1.807) is 55.5 Å². The van der Waals surface area contributed by atoms with E-state index in [1.165, 1.54) is 4.90 Å². The summed E-state index contributed by atoms with van der Waals surface area (Å²) in [5.74, 6) is -0.815. The Balaban J connectivity index is 2.37. The van der Waals surface area contributed by atoms with Gasteiger partial charge in [0.25, 0.3) is 0 Å². The van der Waals surface area contributed by atoms with Crippen molar-refractivity contribution in [3.8, 4) is 0 Å². The van der Waals surface area contributed by atoms with Crippen molar-refractivity contribution in [3.05, 3.63) is 63.6 Å². The van der Waals surface area contributed by atoms with Crippen LogP contribution in [0.5, 0.6) is 0 Å². The molecule has 33 heavy (non-hydrogen) atoms. The lowest BCUT2D eigenvalue weighted by Gasteiger charge is -2.32. The number of halogens is 2. The Morgan fingerprint density at radius 1 is 1.12 bits per heavy atom. The first-order valence-electron chi connectivity index (χ1n) is 10.5. The van der Waals surface area contributed by atoms with E-state index in [9.17, 15) is 18.0 Å². The van der Waals surface area contributed by atoms with Crippen LogP contribution in [-0.2, 0) is 26.2 Å². The summed E-state index contributed by atoms with van der Waals surface area (Å²) < 4.78 is 26.8. The van der Waals surface area contributed by atoms with Crippen LogP contribution in [0.4, 0.5) is 5.69 Å². The standard InChI is InChI=1S/C23H29BrClN3O4S/c1-5-16(2)26-23(30)17(3)27(14-18-7-6-8-20(25)13-18)22(29)15-28(33(4,31)32)21-11-9-19(24)10-12-21/h6-13,16-17H,5,14-15H2,1-4H3,(H,26,30)/t16-,17+/m0/s1. The summed E-state index contributed by atoms with van der Waals surface area (Å²) in [5.41, 5.74) is 1.09. The predicted octanol–water partition coefficient (Wildman–Crippen LogP) is 4.20. The number of sulfonamides is 1. The normalized spacial score (nSPS) is 13.2. The van der Waals surface area contributed by atoms with E-state index in [1.807, 2.05) is 13.8 Å². The first kappa shape index (κ1) is 27.1. The summed E-state index contributed by atoms with van der Waals surface area (Å²) in [5, 5.41) is 3.39. The van der Waals surface area contributed by atoms with Crippen LogP contribution in [0, 0.1) is 0 Å². The molecular weight excluding hydrogens is 530 g/mol. The Morgan fingerprint density at radius 3 is 2.30 bits per heavy atom. The lowest BCUT2D eigenvalue weighted by atomic mass is 10.1. The molecule has 0 aliphatic rings. The van der Waals surface area contributed by atoms with Crippen LogP contribution in [0.2, 0.25) is 5.02 Å². The Kier molecular flexibility index (Phi) is 9.75. The largest absolute Gasteiger partial charge is 0.352 e. The van der Waals surface area contributed by atoms with E-state index in [0.29, 0.717) is 10.7 Å². The molecule has 0 saturated heterocycles. The van der Waals surface area contributed by atoms with Gasteiger partial charge in [-0.15, -0.1) is 0 Å². The van der Waals surface area contributed by atoms with Crippen molar-refractivity contribution in [3.63, 3.8) is 0 Å². The second kappa shape index (κ2) is 11.9. The van der Waals surface area contributed by atoms with Crippen LogP contribution in [-0.4, -0.2) is 50.0 Å². The van der Waals surface area contributed by atoms with Crippen LogP contribution in [0.15, 0.2) is 53.0 Å². The zero-order valence-electron chi connectivity index (χ0n) is 19.1. The number of rotatable bonds is 10. The van der Waals surface area contributed by atoms with Gasteiger partial charge in [-0.2, -0.15) is 0 Å². The van der Waals surface area contributed by atoms with Gasteiger partial charge in [0.05, 0.1) is 11.9 Å². The molecule has 0 radical (unpaired) electrons. The van der Waals surface area contributed by atoms with Crippen molar-refractivity contribution < 1.29 is 18.0 Å². The molecule has 0 spiro atoms. The highest BCUT2D eigenvalue weighted by atomic mass is 79.9. The highest BCUT2D eigenvalue weighted by Gasteiger charge is 2.30. The summed E-state index contributed by atoms with van der Waals surface area (Å²) in [6, 6.07) is 12.7. The molecule has 2 aromatic rings. The molecule has 2 amide bonds. The molecule has 0 unspecified atom stereocenters. The van der Waals surface area contributed by atoms with Gasteiger partial charge in [-0.25, -0.2) is 8.42 Å². The molecule has 0 fully saturated rings. The van der Waals surface area contributed by atoms with Gasteiger partial charge in [0.1, 0.15) is 12.6 Å². The first-order valence-corrected chi connectivity index (χ1v) is 13.5. The van der Waals surface area contributed by atoms with Crippen molar-refractivity contribution in [2.24, 2.45) is 0 Å². The molecule has 2 atom stereocenters. The number of amides is 2. The average Bonchev–Trinajstić information content (AvgIpc) is 2.75. The maximum absolute atomic E-state index is 13.4. The van der Waals surface area contributed by atoms with Crippen molar-refractivity contribution >= 4 is 55.1 Å². The Bertz CT molecular complexity index is 1080. The third kappa shape index (κ3) is 8.01. The topological polar surface area (TPSA) is 86.8 Å². The van der Waals surface area contributed by atoms with Crippen LogP contribution in [0.1, 0.15) is 32.8 Å². The second-order valence-electron chi connectivity index (χ2n) is 7.89. The lowest BCUT2D eigenvalue weighted by molar-refractivity contribution is -0.139. The molecule has 0 aliphatic carbocycles. The molecule has 2 rings (SSSR count). The summed E-state index contributed by atoms with van der Waals surface area (Å²) in [7, 11) is -3.76. The molecule has 0 heterocycles. The SMILES string of the molecule is CC[C@H](C)NC(=O)[C@@H](C)N(Cc1cccc(Cl)c1)C(=O)CN(c1ccc(Br)cc1)S(C)(=O)=O. The van der Waals surface area contributed by atoms with Gasteiger partial charge >= 0.3 is 0 Å². The highest BCUT2D eigenvalue weighted by Crippen LogP contribution is 2.22. The predicted molar refractivity (Wildman–Crippen MR) is 136 cm³/mol. The number of carbonyl (C=O) groups excluding carboxylic acids is 2. The lowest BCUT2D eigenvalue weighted by Crippen LogP contribution is -2.52. The van der Waals surface area contributed by atoms with E-state index in [0.717, 1.165) is 27.0 Å². The highest BCUT2D eigenvalue weighted by molar-refractivity contribution is 9.10. The number of hydrogen-bond acceptors (Lipinski definition) is 4. The van der Waals surface area contributed by atoms with Crippen molar-refractivity contribution in [2.75, 3.05) is 17.1 Å². The molecular formula is C23H29BrClN3O4S. The van der Waals surface area contributed by atoms with Crippen molar-refractivity contribution in [1.29, 1.82) is 0 Å². The van der Waals surface area contributed by atoms with Gasteiger partial charge in [-0.3, -0.25) is 13.9 Å². The van der Waals surface area contributed by atoms with E-state index in [-0.39, 0.29) is 18.5 Å². The van der Waals surface area contributed by atoms with E-state index >= 15 is 0 Å². The van der Waals surface area contributed by atoms with Gasteiger partial charge in [0.15, 0.2) is 0 Å². The van der Waals surface area contributed by atoms with Crippen LogP contribution in [0.25, 0.3) is 0 Å². The zero-order chi connectivity index (χ0) is 24.8. The summed E-state index contributed by atoms with van der Waals surface area (Å²) in [6.45, 7) is 5.12. The Hall–Kier alpha value is -2.10. The minimum Gasteiger partial charge on any atom is -0.352 e. The minimum absolute atomic E-state index is 0.0571. The number of benzene rings is 2. The fourth-order valence-electron chi connectivity index (χ4n) is 3.10. The second-order valence-corrected chi connectivity index (χ2v) is 11.2. The fraction of sp³-hybridized carbons (Fsp3) is 0.391. The van der Waals surface area contributed by atoms with E-state index in [4.69, 9.17) is 11.6 Å². The summed E-state index contributed by atoms with van der Waals surface area (Å²) in [6.07, 6.45) is 1.79. The number of nitrogens with one attached hydrogen (secondary N) is 1. The van der Waals surface area contributed by atoms with Crippen LogP contribution in [0.3, 0.4) is 0 Å². The maximum atomic E-state index is 13.4. The minimum atomic E-state index is -3.76. The monoisotopic (exact) mass is 557 g/mol. The summed E-state index contributed by atoms with van der Waals surface area (Å²) in [4.78, 5) is 27.6.